The van der Waals surface area contributed by atoms with E-state index in [0.29, 0.717) is 23.2 Å². The third kappa shape index (κ3) is 4.70. The van der Waals surface area contributed by atoms with Crippen molar-refractivity contribution in [3.8, 4) is 10.6 Å². The van der Waals surface area contributed by atoms with Crippen LogP contribution >= 0.6 is 11.3 Å². The lowest BCUT2D eigenvalue weighted by Crippen LogP contribution is -2.10. The van der Waals surface area contributed by atoms with Crippen LogP contribution in [0.4, 0.5) is 5.69 Å². The Labute approximate surface area is 157 Å². The fraction of sp³-hybridized carbons (Fsp3) is 0.188. The molecule has 0 radical (unpaired) electrons. The molecule has 3 aromatic rings. The average molecular weight is 410 g/mol. The number of benzene rings is 1. The van der Waals surface area contributed by atoms with Gasteiger partial charge < -0.3 is 14.8 Å². The highest BCUT2D eigenvalue weighted by Crippen LogP contribution is 2.25. The van der Waals surface area contributed by atoms with Gasteiger partial charge in [-0.3, -0.25) is 4.55 Å². The molecule has 0 saturated carbocycles. The largest absolute Gasteiger partial charge is 0.476 e. The van der Waals surface area contributed by atoms with Crippen molar-refractivity contribution in [2.24, 2.45) is 0 Å². The molecule has 0 saturated heterocycles. The number of carboxylic acid groups (broad SMARTS) is 1. The van der Waals surface area contributed by atoms with Crippen LogP contribution in [0.1, 0.15) is 16.9 Å². The lowest BCUT2D eigenvalue weighted by molar-refractivity contribution is 0.0691. The molecule has 0 unspecified atom stereocenters. The summed E-state index contributed by atoms with van der Waals surface area (Å²) in [7, 11) is -4.00. The molecule has 9 nitrogen and oxygen atoms in total. The van der Waals surface area contributed by atoms with Crippen molar-refractivity contribution in [2.75, 3.05) is 17.6 Å². The predicted molar refractivity (Wildman–Crippen MR) is 100 cm³/mol. The number of fused-ring (bicyclic) bond motifs is 1. The molecule has 0 spiro atoms. The number of carbonyl (C=O) groups is 1. The molecule has 0 amide bonds. The van der Waals surface area contributed by atoms with Crippen LogP contribution in [0.15, 0.2) is 38.9 Å². The SMILES string of the molecule is O=C(O)c1csc(-c2cc3ccc(NCCCS(=O)(=O)O)cc3oc2=O)n1. The first-order valence-electron chi connectivity index (χ1n) is 7.69. The van der Waals surface area contributed by atoms with Gasteiger partial charge in [0, 0.05) is 29.1 Å². The highest BCUT2D eigenvalue weighted by molar-refractivity contribution is 7.85. The van der Waals surface area contributed by atoms with Crippen molar-refractivity contribution in [3.63, 3.8) is 0 Å². The molecule has 27 heavy (non-hydrogen) atoms. The summed E-state index contributed by atoms with van der Waals surface area (Å²) in [6, 6.07) is 6.61. The van der Waals surface area contributed by atoms with E-state index in [9.17, 15) is 18.0 Å². The molecule has 142 valence electrons. The van der Waals surface area contributed by atoms with Gasteiger partial charge >= 0.3 is 11.6 Å². The minimum absolute atomic E-state index is 0.140. The van der Waals surface area contributed by atoms with Crippen LogP contribution in [-0.2, 0) is 10.1 Å². The zero-order valence-electron chi connectivity index (χ0n) is 13.7. The van der Waals surface area contributed by atoms with Crippen molar-refractivity contribution >= 4 is 44.1 Å². The lowest BCUT2D eigenvalue weighted by atomic mass is 10.1. The minimum atomic E-state index is -4.00. The third-order valence-corrected chi connectivity index (χ3v) is 5.28. The molecule has 0 fully saturated rings. The van der Waals surface area contributed by atoms with Gasteiger partial charge in [-0.1, -0.05) is 0 Å². The van der Waals surface area contributed by atoms with Crippen LogP contribution in [-0.4, -0.2) is 41.3 Å². The normalized spacial score (nSPS) is 11.6. The fourth-order valence-corrected chi connectivity index (χ4v) is 3.66. The first-order chi connectivity index (χ1) is 12.7. The summed E-state index contributed by atoms with van der Waals surface area (Å²) in [5.41, 5.74) is 0.333. The van der Waals surface area contributed by atoms with E-state index < -0.39 is 21.7 Å². The molecule has 0 aliphatic heterocycles. The number of nitrogens with zero attached hydrogens (tertiary/aromatic N) is 1. The second-order valence-corrected chi connectivity index (χ2v) is 8.04. The number of carboxylic acids is 1. The van der Waals surface area contributed by atoms with E-state index in [1.165, 1.54) is 5.38 Å². The van der Waals surface area contributed by atoms with Gasteiger partial charge in [-0.2, -0.15) is 8.42 Å². The van der Waals surface area contributed by atoms with E-state index in [2.05, 4.69) is 10.3 Å². The number of aromatic nitrogens is 1. The predicted octanol–water partition coefficient (Wildman–Crippen LogP) is 2.30. The monoisotopic (exact) mass is 410 g/mol. The first-order valence-corrected chi connectivity index (χ1v) is 10.2. The van der Waals surface area contributed by atoms with Gasteiger partial charge in [0.15, 0.2) is 5.69 Å². The van der Waals surface area contributed by atoms with Crippen LogP contribution in [0.25, 0.3) is 21.5 Å². The number of nitrogens with one attached hydrogen (secondary N) is 1. The van der Waals surface area contributed by atoms with E-state index in [4.69, 9.17) is 14.1 Å². The van der Waals surface area contributed by atoms with Gasteiger partial charge in [0.05, 0.1) is 11.3 Å². The minimum Gasteiger partial charge on any atom is -0.476 e. The zero-order valence-corrected chi connectivity index (χ0v) is 15.3. The van der Waals surface area contributed by atoms with E-state index >= 15 is 0 Å². The van der Waals surface area contributed by atoms with Gasteiger partial charge in [-0.15, -0.1) is 11.3 Å². The van der Waals surface area contributed by atoms with Gasteiger partial charge in [-0.25, -0.2) is 14.6 Å². The first kappa shape index (κ1) is 19.0. The van der Waals surface area contributed by atoms with Gasteiger partial charge in [0.1, 0.15) is 10.6 Å². The second-order valence-electron chi connectivity index (χ2n) is 5.61. The van der Waals surface area contributed by atoms with Crippen molar-refractivity contribution in [3.05, 3.63) is 45.8 Å². The number of anilines is 1. The van der Waals surface area contributed by atoms with Crippen LogP contribution in [0.2, 0.25) is 0 Å². The van der Waals surface area contributed by atoms with Gasteiger partial charge in [0.25, 0.3) is 10.1 Å². The molecule has 3 N–H and O–H groups in total. The third-order valence-electron chi connectivity index (χ3n) is 3.60. The van der Waals surface area contributed by atoms with E-state index in [1.807, 2.05) is 0 Å². The molecule has 3 rings (SSSR count). The number of rotatable bonds is 7. The van der Waals surface area contributed by atoms with Crippen molar-refractivity contribution in [1.29, 1.82) is 0 Å². The molecule has 0 aliphatic carbocycles. The summed E-state index contributed by atoms with van der Waals surface area (Å²) in [5.74, 6) is -1.52. The van der Waals surface area contributed by atoms with Crippen molar-refractivity contribution < 1.29 is 27.3 Å². The van der Waals surface area contributed by atoms with Crippen LogP contribution in [0, 0.1) is 0 Å². The van der Waals surface area contributed by atoms with Crippen molar-refractivity contribution in [2.45, 2.75) is 6.42 Å². The topological polar surface area (TPSA) is 147 Å². The molecule has 0 bridgehead atoms. The zero-order chi connectivity index (χ0) is 19.6. The van der Waals surface area contributed by atoms with Crippen molar-refractivity contribution in [1.82, 2.24) is 4.98 Å². The summed E-state index contributed by atoms with van der Waals surface area (Å²) in [5, 5.41) is 14.1. The molecule has 0 aliphatic rings. The fourth-order valence-electron chi connectivity index (χ4n) is 2.35. The average Bonchev–Trinajstić information content (AvgIpc) is 3.07. The molecular formula is C16H14N2O7S2. The summed E-state index contributed by atoms with van der Waals surface area (Å²) < 4.78 is 35.4. The number of aromatic carboxylic acids is 1. The summed E-state index contributed by atoms with van der Waals surface area (Å²) in [6.45, 7) is 0.310. The molecular weight excluding hydrogens is 396 g/mol. The quantitative estimate of drug-likeness (QED) is 0.303. The van der Waals surface area contributed by atoms with Crippen LogP contribution in [0.5, 0.6) is 0 Å². The number of thiazole rings is 1. The summed E-state index contributed by atoms with van der Waals surface area (Å²) in [4.78, 5) is 27.1. The maximum atomic E-state index is 12.2. The van der Waals surface area contributed by atoms with Gasteiger partial charge in [0.2, 0.25) is 0 Å². The molecule has 2 heterocycles. The highest BCUT2D eigenvalue weighted by atomic mass is 32.2. The van der Waals surface area contributed by atoms with Crippen LogP contribution < -0.4 is 10.9 Å². The number of hydrogen-bond acceptors (Lipinski definition) is 8. The Morgan fingerprint density at radius 2 is 2.07 bits per heavy atom. The molecule has 1 aromatic carbocycles. The maximum Gasteiger partial charge on any atom is 0.355 e. The highest BCUT2D eigenvalue weighted by Gasteiger charge is 2.15. The Bertz CT molecular complexity index is 1160. The Kier molecular flexibility index (Phi) is 5.26. The number of hydrogen-bond donors (Lipinski definition) is 3. The Hall–Kier alpha value is -2.76. The standard InChI is InChI=1S/C16H14N2O7S2/c19-15(20)12-8-26-14(18-12)11-6-9-2-3-10(7-13(9)25-16(11)21)17-4-1-5-27(22,23)24/h2-3,6-8,17H,1,4-5H2,(H,19,20)(H,22,23,24). The van der Waals surface area contributed by atoms with Crippen LogP contribution in [0.3, 0.4) is 0 Å². The van der Waals surface area contributed by atoms with E-state index in [-0.39, 0.29) is 28.4 Å². The van der Waals surface area contributed by atoms with E-state index in [0.717, 1.165) is 11.3 Å². The maximum absolute atomic E-state index is 12.2. The Morgan fingerprint density at radius 1 is 1.30 bits per heavy atom. The lowest BCUT2D eigenvalue weighted by Gasteiger charge is -2.07. The molecule has 11 heteroatoms. The smallest absolute Gasteiger partial charge is 0.355 e. The Morgan fingerprint density at radius 3 is 2.74 bits per heavy atom. The van der Waals surface area contributed by atoms with Gasteiger partial charge in [-0.05, 0) is 24.6 Å². The molecule has 2 aromatic heterocycles. The molecule has 0 atom stereocenters. The summed E-state index contributed by atoms with van der Waals surface area (Å²) in [6.07, 6.45) is 0.218. The Balaban J connectivity index is 1.82. The summed E-state index contributed by atoms with van der Waals surface area (Å²) >= 11 is 1.04. The second kappa shape index (κ2) is 7.47. The van der Waals surface area contributed by atoms with E-state index in [1.54, 1.807) is 24.3 Å².